The van der Waals surface area contributed by atoms with Gasteiger partial charge in [-0.1, -0.05) is 36.8 Å². The average Bonchev–Trinajstić information content (AvgIpc) is 2.34. The third-order valence-electron chi connectivity index (χ3n) is 2.87. The van der Waals surface area contributed by atoms with Gasteiger partial charge in [0.25, 0.3) is 0 Å². The van der Waals surface area contributed by atoms with Crippen LogP contribution in [0.25, 0.3) is 0 Å². The number of amides is 1. The summed E-state index contributed by atoms with van der Waals surface area (Å²) in [7, 11) is 3.88. The number of nitrogens with zero attached hydrogens (tertiary/aromatic N) is 1. The number of thioether (sulfide) groups is 1. The van der Waals surface area contributed by atoms with Crippen molar-refractivity contribution in [3.63, 3.8) is 0 Å². The zero-order valence-electron chi connectivity index (χ0n) is 12.3. The predicted octanol–water partition coefficient (Wildman–Crippen LogP) is 2.47. The first-order chi connectivity index (χ1) is 9.06. The Bertz CT molecular complexity index is 407. The summed E-state index contributed by atoms with van der Waals surface area (Å²) in [5.41, 5.74) is 2.23. The molecule has 1 unspecified atom stereocenters. The third kappa shape index (κ3) is 5.25. The topological polar surface area (TPSA) is 32.3 Å². The van der Waals surface area contributed by atoms with E-state index >= 15 is 0 Å². The van der Waals surface area contributed by atoms with Crippen LogP contribution in [0.4, 0.5) is 0 Å². The molecule has 1 rings (SSSR count). The van der Waals surface area contributed by atoms with E-state index in [1.165, 1.54) is 5.56 Å². The smallest absolute Gasteiger partial charge is 0.241 e. The fraction of sp³-hybridized carbons (Fsp3) is 0.533. The summed E-state index contributed by atoms with van der Waals surface area (Å²) < 4.78 is 0. The van der Waals surface area contributed by atoms with Crippen LogP contribution >= 0.6 is 11.8 Å². The summed E-state index contributed by atoms with van der Waals surface area (Å²) in [4.78, 5) is 14.3. The van der Waals surface area contributed by atoms with Gasteiger partial charge in [0.05, 0.1) is 0 Å². The SMILES string of the molecule is CCSCCNC(=O)C(c1cccc(C)c1)N(C)C. The van der Waals surface area contributed by atoms with Crippen molar-refractivity contribution < 1.29 is 4.79 Å². The lowest BCUT2D eigenvalue weighted by molar-refractivity contribution is -0.125. The molecule has 0 saturated heterocycles. The van der Waals surface area contributed by atoms with Crippen LogP contribution in [0.15, 0.2) is 24.3 Å². The molecule has 0 aliphatic rings. The number of benzene rings is 1. The van der Waals surface area contributed by atoms with Gasteiger partial charge in [-0.3, -0.25) is 9.69 Å². The van der Waals surface area contributed by atoms with Gasteiger partial charge in [-0.2, -0.15) is 11.8 Å². The Morgan fingerprint density at radius 1 is 1.42 bits per heavy atom. The molecule has 1 aromatic rings. The molecule has 0 aromatic heterocycles. The second-order valence-electron chi connectivity index (χ2n) is 4.77. The van der Waals surface area contributed by atoms with Crippen LogP contribution in [0.1, 0.15) is 24.1 Å². The normalized spacial score (nSPS) is 12.5. The molecule has 0 aliphatic heterocycles. The van der Waals surface area contributed by atoms with E-state index in [1.807, 2.05) is 55.9 Å². The Labute approximate surface area is 120 Å². The Hall–Kier alpha value is -1.00. The molecule has 1 aromatic carbocycles. The number of aryl methyl sites for hydroxylation is 1. The van der Waals surface area contributed by atoms with Gasteiger partial charge in [-0.15, -0.1) is 0 Å². The first-order valence-corrected chi connectivity index (χ1v) is 7.80. The summed E-state index contributed by atoms with van der Waals surface area (Å²) in [5, 5.41) is 3.02. The minimum Gasteiger partial charge on any atom is -0.354 e. The number of carbonyl (C=O) groups is 1. The molecule has 4 heteroatoms. The molecular weight excluding hydrogens is 256 g/mol. The number of nitrogens with one attached hydrogen (secondary N) is 1. The summed E-state index contributed by atoms with van der Waals surface area (Å²) in [6.07, 6.45) is 0. The highest BCUT2D eigenvalue weighted by molar-refractivity contribution is 7.99. The second-order valence-corrected chi connectivity index (χ2v) is 6.16. The highest BCUT2D eigenvalue weighted by Crippen LogP contribution is 2.19. The van der Waals surface area contributed by atoms with Gasteiger partial charge >= 0.3 is 0 Å². The molecule has 106 valence electrons. The van der Waals surface area contributed by atoms with Crippen molar-refractivity contribution in [2.45, 2.75) is 19.9 Å². The van der Waals surface area contributed by atoms with Crippen molar-refractivity contribution in [2.24, 2.45) is 0 Å². The van der Waals surface area contributed by atoms with Crippen LogP contribution in [0.3, 0.4) is 0 Å². The van der Waals surface area contributed by atoms with E-state index in [1.54, 1.807) is 0 Å². The lowest BCUT2D eigenvalue weighted by atomic mass is 10.0. The van der Waals surface area contributed by atoms with Gasteiger partial charge in [0.1, 0.15) is 6.04 Å². The summed E-state index contributed by atoms with van der Waals surface area (Å²) in [5.74, 6) is 2.13. The Morgan fingerprint density at radius 3 is 2.74 bits per heavy atom. The maximum absolute atomic E-state index is 12.3. The maximum atomic E-state index is 12.3. The zero-order valence-corrected chi connectivity index (χ0v) is 13.1. The fourth-order valence-corrected chi connectivity index (χ4v) is 2.55. The predicted molar refractivity (Wildman–Crippen MR) is 83.6 cm³/mol. The van der Waals surface area contributed by atoms with Crippen LogP contribution in [0, 0.1) is 6.92 Å². The van der Waals surface area contributed by atoms with Gasteiger partial charge < -0.3 is 5.32 Å². The third-order valence-corrected chi connectivity index (χ3v) is 3.77. The van der Waals surface area contributed by atoms with Crippen molar-refractivity contribution in [3.05, 3.63) is 35.4 Å². The largest absolute Gasteiger partial charge is 0.354 e. The van der Waals surface area contributed by atoms with Gasteiger partial charge in [0.2, 0.25) is 5.91 Å². The molecule has 1 amide bonds. The molecule has 0 spiro atoms. The number of hydrogen-bond donors (Lipinski definition) is 1. The van der Waals surface area contributed by atoms with E-state index in [0.29, 0.717) is 0 Å². The van der Waals surface area contributed by atoms with E-state index in [0.717, 1.165) is 23.6 Å². The van der Waals surface area contributed by atoms with E-state index in [4.69, 9.17) is 0 Å². The molecule has 1 N–H and O–H groups in total. The minimum atomic E-state index is -0.216. The van der Waals surface area contributed by atoms with E-state index in [-0.39, 0.29) is 11.9 Å². The van der Waals surface area contributed by atoms with Crippen molar-refractivity contribution in [1.29, 1.82) is 0 Å². The van der Waals surface area contributed by atoms with Crippen LogP contribution in [-0.2, 0) is 4.79 Å². The highest BCUT2D eigenvalue weighted by atomic mass is 32.2. The number of rotatable bonds is 7. The summed E-state index contributed by atoms with van der Waals surface area (Å²) >= 11 is 1.84. The summed E-state index contributed by atoms with van der Waals surface area (Å²) in [6, 6.07) is 7.92. The Morgan fingerprint density at radius 2 is 2.16 bits per heavy atom. The molecule has 0 fully saturated rings. The number of hydrogen-bond acceptors (Lipinski definition) is 3. The molecule has 0 heterocycles. The molecular formula is C15H24N2OS. The minimum absolute atomic E-state index is 0.0762. The van der Waals surface area contributed by atoms with E-state index < -0.39 is 0 Å². The van der Waals surface area contributed by atoms with E-state index in [2.05, 4.69) is 18.3 Å². The molecule has 0 radical (unpaired) electrons. The number of carbonyl (C=O) groups excluding carboxylic acids is 1. The fourth-order valence-electron chi connectivity index (χ4n) is 2.01. The van der Waals surface area contributed by atoms with Crippen molar-refractivity contribution in [1.82, 2.24) is 10.2 Å². The first-order valence-electron chi connectivity index (χ1n) is 6.64. The van der Waals surface area contributed by atoms with Crippen LogP contribution in [-0.4, -0.2) is 43.0 Å². The standard InChI is InChI=1S/C15H24N2OS/c1-5-19-10-9-16-15(18)14(17(3)4)13-8-6-7-12(2)11-13/h6-8,11,14H,5,9-10H2,1-4H3,(H,16,18). The van der Waals surface area contributed by atoms with Gasteiger partial charge in [0, 0.05) is 12.3 Å². The highest BCUT2D eigenvalue weighted by Gasteiger charge is 2.22. The molecule has 1 atom stereocenters. The number of likely N-dealkylation sites (N-methyl/N-ethyl adjacent to an activating group) is 1. The lowest BCUT2D eigenvalue weighted by Crippen LogP contribution is -2.38. The Balaban J connectivity index is 2.69. The molecule has 3 nitrogen and oxygen atoms in total. The maximum Gasteiger partial charge on any atom is 0.241 e. The van der Waals surface area contributed by atoms with Crippen LogP contribution in [0.5, 0.6) is 0 Å². The zero-order chi connectivity index (χ0) is 14.3. The molecule has 0 saturated carbocycles. The first kappa shape index (κ1) is 16.1. The van der Waals surface area contributed by atoms with Crippen LogP contribution in [0.2, 0.25) is 0 Å². The summed E-state index contributed by atoms with van der Waals surface area (Å²) in [6.45, 7) is 4.90. The lowest BCUT2D eigenvalue weighted by Gasteiger charge is -2.24. The van der Waals surface area contributed by atoms with Crippen molar-refractivity contribution in [2.75, 3.05) is 32.1 Å². The average molecular weight is 280 g/mol. The van der Waals surface area contributed by atoms with Crippen LogP contribution < -0.4 is 5.32 Å². The molecule has 0 aliphatic carbocycles. The van der Waals surface area contributed by atoms with Crippen molar-refractivity contribution in [3.8, 4) is 0 Å². The Kier molecular flexibility index (Phi) is 6.95. The monoisotopic (exact) mass is 280 g/mol. The van der Waals surface area contributed by atoms with Gasteiger partial charge in [0.15, 0.2) is 0 Å². The van der Waals surface area contributed by atoms with Gasteiger partial charge in [-0.25, -0.2) is 0 Å². The quantitative estimate of drug-likeness (QED) is 0.779. The molecule has 19 heavy (non-hydrogen) atoms. The second kappa shape index (κ2) is 8.23. The van der Waals surface area contributed by atoms with Crippen molar-refractivity contribution >= 4 is 17.7 Å². The van der Waals surface area contributed by atoms with E-state index in [9.17, 15) is 4.79 Å². The van der Waals surface area contributed by atoms with Gasteiger partial charge in [-0.05, 0) is 32.3 Å². The molecule has 0 bridgehead atoms.